The van der Waals surface area contributed by atoms with E-state index in [1.54, 1.807) is 0 Å². The van der Waals surface area contributed by atoms with Gasteiger partial charge in [-0.3, -0.25) is 0 Å². The lowest BCUT2D eigenvalue weighted by molar-refractivity contribution is 0.315. The molecule has 21 heavy (non-hydrogen) atoms. The van der Waals surface area contributed by atoms with Gasteiger partial charge in [-0.1, -0.05) is 63.2 Å². The largest absolute Gasteiger partial charge is 0.409 e. The fraction of sp³-hybridized carbons (Fsp3) is 0.588. The van der Waals surface area contributed by atoms with Gasteiger partial charge in [0.2, 0.25) is 0 Å². The summed E-state index contributed by atoms with van der Waals surface area (Å²) in [6.07, 6.45) is 0. The molecule has 4 N–H and O–H groups in total. The first-order chi connectivity index (χ1) is 9.82. The summed E-state index contributed by atoms with van der Waals surface area (Å²) in [6, 6.07) is 9.93. The molecule has 1 aromatic rings. The van der Waals surface area contributed by atoms with Gasteiger partial charge in [0.05, 0.1) is 5.92 Å². The summed E-state index contributed by atoms with van der Waals surface area (Å²) < 4.78 is 0. The van der Waals surface area contributed by atoms with Gasteiger partial charge < -0.3 is 16.3 Å². The van der Waals surface area contributed by atoms with Crippen molar-refractivity contribution in [3.63, 3.8) is 0 Å². The van der Waals surface area contributed by atoms with Crippen LogP contribution < -0.4 is 11.1 Å². The Bertz CT molecular complexity index is 494. The molecule has 1 aliphatic carbocycles. The van der Waals surface area contributed by atoms with Crippen LogP contribution in [0.1, 0.15) is 39.2 Å². The van der Waals surface area contributed by atoms with Crippen LogP contribution in [0.4, 0.5) is 0 Å². The van der Waals surface area contributed by atoms with E-state index in [-0.39, 0.29) is 11.8 Å². The Hall–Kier alpha value is -1.55. The number of nitrogens with two attached hydrogens (primary N) is 1. The van der Waals surface area contributed by atoms with Crippen LogP contribution in [-0.2, 0) is 0 Å². The lowest BCUT2D eigenvalue weighted by Crippen LogP contribution is -2.33. The van der Waals surface area contributed by atoms with Crippen LogP contribution >= 0.6 is 0 Å². The van der Waals surface area contributed by atoms with E-state index in [0.717, 1.165) is 12.1 Å². The molecule has 4 nitrogen and oxygen atoms in total. The molecule has 0 bridgehead atoms. The Labute approximate surface area is 127 Å². The van der Waals surface area contributed by atoms with Crippen LogP contribution in [0.5, 0.6) is 0 Å². The molecule has 1 fully saturated rings. The Balaban J connectivity index is 1.96. The van der Waals surface area contributed by atoms with E-state index in [0.29, 0.717) is 23.3 Å². The van der Waals surface area contributed by atoms with Crippen LogP contribution in [0.15, 0.2) is 35.5 Å². The van der Waals surface area contributed by atoms with Gasteiger partial charge in [-0.05, 0) is 28.9 Å². The molecule has 1 saturated carbocycles. The number of rotatable bonds is 6. The molecule has 0 spiro atoms. The number of nitrogens with one attached hydrogen (secondary N) is 1. The van der Waals surface area contributed by atoms with Crippen molar-refractivity contribution in [2.24, 2.45) is 27.6 Å². The highest BCUT2D eigenvalue weighted by atomic mass is 16.4. The molecule has 1 aliphatic rings. The zero-order valence-electron chi connectivity index (χ0n) is 13.4. The summed E-state index contributed by atoms with van der Waals surface area (Å²) in [6.45, 7) is 10.9. The molecule has 4 heteroatoms. The Morgan fingerprint density at radius 2 is 1.81 bits per heavy atom. The molecule has 1 atom stereocenters. The lowest BCUT2D eigenvalue weighted by atomic mass is 9.98. The smallest absolute Gasteiger partial charge is 0.147 e. The minimum atomic E-state index is -0.0961. The van der Waals surface area contributed by atoms with Gasteiger partial charge in [-0.15, -0.1) is 0 Å². The lowest BCUT2D eigenvalue weighted by Gasteiger charge is -2.17. The van der Waals surface area contributed by atoms with E-state index in [9.17, 15) is 0 Å². The maximum absolute atomic E-state index is 8.99. The van der Waals surface area contributed by atoms with E-state index in [1.807, 2.05) is 30.3 Å². The van der Waals surface area contributed by atoms with Gasteiger partial charge in [0.25, 0.3) is 0 Å². The second-order valence-corrected chi connectivity index (χ2v) is 7.14. The van der Waals surface area contributed by atoms with Crippen LogP contribution in [-0.4, -0.2) is 24.1 Å². The van der Waals surface area contributed by atoms with Crippen LogP contribution in [0, 0.1) is 16.7 Å². The van der Waals surface area contributed by atoms with Gasteiger partial charge in [-0.25, -0.2) is 0 Å². The van der Waals surface area contributed by atoms with Crippen molar-refractivity contribution in [2.75, 3.05) is 13.1 Å². The number of hydrogen-bond acceptors (Lipinski definition) is 3. The van der Waals surface area contributed by atoms with E-state index < -0.39 is 0 Å². The SMILES string of the molecule is CC1(C)C(CNCC(C(N)=NO)c2ccccc2)C1(C)C. The molecule has 0 aromatic heterocycles. The van der Waals surface area contributed by atoms with Crippen molar-refractivity contribution in [1.82, 2.24) is 5.32 Å². The summed E-state index contributed by atoms with van der Waals surface area (Å²) >= 11 is 0. The number of benzene rings is 1. The van der Waals surface area contributed by atoms with Gasteiger partial charge in [0.15, 0.2) is 0 Å². The predicted molar refractivity (Wildman–Crippen MR) is 86.5 cm³/mol. The highest BCUT2D eigenvalue weighted by Gasteiger charge is 2.63. The molecule has 0 radical (unpaired) electrons. The highest BCUT2D eigenvalue weighted by molar-refractivity contribution is 5.87. The Morgan fingerprint density at radius 1 is 1.24 bits per heavy atom. The summed E-state index contributed by atoms with van der Waals surface area (Å²) in [5.74, 6) is 0.818. The fourth-order valence-corrected chi connectivity index (χ4v) is 3.36. The molecule has 116 valence electrons. The molecule has 1 unspecified atom stereocenters. The van der Waals surface area contributed by atoms with Crippen molar-refractivity contribution in [2.45, 2.75) is 33.6 Å². The third kappa shape index (κ3) is 2.91. The molecule has 0 aliphatic heterocycles. The van der Waals surface area contributed by atoms with Crippen LogP contribution in [0.2, 0.25) is 0 Å². The maximum Gasteiger partial charge on any atom is 0.147 e. The van der Waals surface area contributed by atoms with E-state index in [1.165, 1.54) is 0 Å². The summed E-state index contributed by atoms with van der Waals surface area (Å²) in [5.41, 5.74) is 7.66. The maximum atomic E-state index is 8.99. The first-order valence-corrected chi connectivity index (χ1v) is 7.55. The predicted octanol–water partition coefficient (Wildman–Crippen LogP) is 2.79. The zero-order valence-corrected chi connectivity index (χ0v) is 13.4. The summed E-state index contributed by atoms with van der Waals surface area (Å²) in [4.78, 5) is 0. The third-order valence-corrected chi connectivity index (χ3v) is 5.69. The van der Waals surface area contributed by atoms with Crippen molar-refractivity contribution in [3.8, 4) is 0 Å². The third-order valence-electron chi connectivity index (χ3n) is 5.69. The first-order valence-electron chi connectivity index (χ1n) is 7.55. The van der Waals surface area contributed by atoms with Crippen molar-refractivity contribution in [3.05, 3.63) is 35.9 Å². The molecule has 0 heterocycles. The number of hydrogen-bond donors (Lipinski definition) is 3. The number of amidine groups is 1. The first kappa shape index (κ1) is 15.8. The van der Waals surface area contributed by atoms with Crippen molar-refractivity contribution >= 4 is 5.84 Å². The molecule has 2 rings (SSSR count). The quantitative estimate of drug-likeness (QED) is 0.326. The minimum Gasteiger partial charge on any atom is -0.409 e. The zero-order chi connectivity index (χ0) is 15.7. The number of nitrogens with zero attached hydrogens (tertiary/aromatic N) is 1. The molecule has 1 aromatic carbocycles. The second kappa shape index (κ2) is 5.68. The normalized spacial score (nSPS) is 22.0. The van der Waals surface area contributed by atoms with Gasteiger partial charge >= 0.3 is 0 Å². The Morgan fingerprint density at radius 3 is 2.29 bits per heavy atom. The van der Waals surface area contributed by atoms with E-state index in [4.69, 9.17) is 10.9 Å². The average molecular weight is 289 g/mol. The van der Waals surface area contributed by atoms with Crippen LogP contribution in [0.25, 0.3) is 0 Å². The van der Waals surface area contributed by atoms with Crippen molar-refractivity contribution < 1.29 is 5.21 Å². The Kier molecular flexibility index (Phi) is 4.28. The standard InChI is InChI=1S/C17H27N3O/c1-16(2)14(17(16,3)4)11-19-10-13(15(18)20-21)12-8-6-5-7-9-12/h5-9,13-14,19,21H,10-11H2,1-4H3,(H2,18,20). The van der Waals surface area contributed by atoms with E-state index in [2.05, 4.69) is 38.2 Å². The van der Waals surface area contributed by atoms with Gasteiger partial charge in [0, 0.05) is 6.54 Å². The summed E-state index contributed by atoms with van der Waals surface area (Å²) in [5, 5.41) is 15.7. The second-order valence-electron chi connectivity index (χ2n) is 7.14. The highest BCUT2D eigenvalue weighted by Crippen LogP contribution is 2.67. The van der Waals surface area contributed by atoms with Crippen molar-refractivity contribution in [1.29, 1.82) is 0 Å². The fourth-order valence-electron chi connectivity index (χ4n) is 3.36. The van der Waals surface area contributed by atoms with Gasteiger partial charge in [-0.2, -0.15) is 0 Å². The number of oxime groups is 1. The average Bonchev–Trinajstić information content (AvgIpc) is 2.85. The van der Waals surface area contributed by atoms with Gasteiger partial charge in [0.1, 0.15) is 5.84 Å². The summed E-state index contributed by atoms with van der Waals surface area (Å²) in [7, 11) is 0. The molecule has 0 saturated heterocycles. The molecular formula is C17H27N3O. The van der Waals surface area contributed by atoms with Crippen LogP contribution in [0.3, 0.4) is 0 Å². The van der Waals surface area contributed by atoms with E-state index >= 15 is 0 Å². The minimum absolute atomic E-state index is 0.0961. The monoisotopic (exact) mass is 289 g/mol. The molecule has 0 amide bonds. The topological polar surface area (TPSA) is 70.6 Å². The molecular weight excluding hydrogens is 262 g/mol.